The Morgan fingerprint density at radius 2 is 2.03 bits per heavy atom. The van der Waals surface area contributed by atoms with Gasteiger partial charge in [0.1, 0.15) is 17.3 Å². The second-order valence-electron chi connectivity index (χ2n) is 7.72. The first-order valence-corrected chi connectivity index (χ1v) is 9.46. The van der Waals surface area contributed by atoms with Gasteiger partial charge in [0.2, 0.25) is 0 Å². The van der Waals surface area contributed by atoms with Crippen molar-refractivity contribution < 1.29 is 23.5 Å². The molecule has 1 aromatic rings. The smallest absolute Gasteiger partial charge is 0.269 e. The Kier molecular flexibility index (Phi) is 5.76. The fourth-order valence-corrected chi connectivity index (χ4v) is 4.39. The molecule has 4 rings (SSSR count). The molecule has 2 bridgehead atoms. The van der Waals surface area contributed by atoms with E-state index < -0.39 is 34.5 Å². The van der Waals surface area contributed by atoms with Gasteiger partial charge in [0.05, 0.1) is 5.02 Å². The van der Waals surface area contributed by atoms with E-state index in [9.17, 15) is 18.8 Å². The number of nitrogens with zero attached hydrogens (tertiary/aromatic N) is 1. The Morgan fingerprint density at radius 1 is 1.37 bits per heavy atom. The highest BCUT2D eigenvalue weighted by Crippen LogP contribution is 2.69. The molecule has 8 nitrogen and oxygen atoms in total. The molecule has 0 radical (unpaired) electrons. The van der Waals surface area contributed by atoms with Crippen LogP contribution < -0.4 is 15.8 Å². The Labute approximate surface area is 176 Å². The van der Waals surface area contributed by atoms with Gasteiger partial charge in [-0.25, -0.2) is 9.38 Å². The molecule has 3 fully saturated rings. The summed E-state index contributed by atoms with van der Waals surface area (Å²) in [5, 5.41) is 10.7. The zero-order chi connectivity index (χ0) is 22.1. The summed E-state index contributed by atoms with van der Waals surface area (Å²) in [6, 6.07) is 3.90. The third-order valence-electron chi connectivity index (χ3n) is 5.31. The molecule has 10 heteroatoms. The first-order chi connectivity index (χ1) is 14.1. The minimum absolute atomic E-state index is 0.0349. The number of carbonyl (C=O) groups excluding carboxylic acids is 3. The number of primary amides is 1. The van der Waals surface area contributed by atoms with Gasteiger partial charge >= 0.3 is 0 Å². The number of ketones is 1. The zero-order valence-electron chi connectivity index (χ0n) is 16.0. The molecule has 0 unspecified atom stereocenters. The lowest BCUT2D eigenvalue weighted by atomic mass is 9.38. The number of Topliss-reactive ketones (excluding diaryl/α,β-unsaturated/α-hetero) is 1. The quantitative estimate of drug-likeness (QED) is 0.485. The van der Waals surface area contributed by atoms with Crippen LogP contribution in [0.5, 0.6) is 5.75 Å². The van der Waals surface area contributed by atoms with Gasteiger partial charge in [-0.15, -0.1) is 0 Å². The van der Waals surface area contributed by atoms with Gasteiger partial charge in [0.25, 0.3) is 11.8 Å². The van der Waals surface area contributed by atoms with Gasteiger partial charge in [0, 0.05) is 24.2 Å². The SMILES string of the molecule is C=CN=C(C(=N)C(=O)CC12CC(NC(=O)COc3ccc(Cl)c(F)c3)(C1)C2)C(N)=O. The first-order valence-electron chi connectivity index (χ1n) is 9.08. The van der Waals surface area contributed by atoms with Gasteiger partial charge in [-0.1, -0.05) is 18.2 Å². The number of benzene rings is 1. The van der Waals surface area contributed by atoms with Crippen molar-refractivity contribution in [2.24, 2.45) is 16.1 Å². The van der Waals surface area contributed by atoms with Crippen LogP contribution in [0.25, 0.3) is 0 Å². The van der Waals surface area contributed by atoms with Crippen molar-refractivity contribution >= 4 is 40.6 Å². The summed E-state index contributed by atoms with van der Waals surface area (Å²) in [6.07, 6.45) is 2.89. The number of rotatable bonds is 10. The third-order valence-corrected chi connectivity index (χ3v) is 5.62. The number of amides is 2. The number of nitrogens with one attached hydrogen (secondary N) is 2. The molecule has 3 aliphatic carbocycles. The fraction of sp³-hybridized carbons (Fsp3) is 0.350. The van der Waals surface area contributed by atoms with E-state index in [2.05, 4.69) is 16.9 Å². The van der Waals surface area contributed by atoms with Crippen LogP contribution in [0.2, 0.25) is 5.02 Å². The minimum atomic E-state index is -0.963. The van der Waals surface area contributed by atoms with Crippen molar-refractivity contribution in [2.45, 2.75) is 31.2 Å². The largest absolute Gasteiger partial charge is 0.484 e. The van der Waals surface area contributed by atoms with E-state index in [-0.39, 0.29) is 35.1 Å². The Morgan fingerprint density at radius 3 is 2.60 bits per heavy atom. The Hall–Kier alpha value is -3.07. The molecule has 0 spiro atoms. The number of halogens is 2. The average Bonchev–Trinajstić information content (AvgIpc) is 2.63. The molecule has 1 aromatic carbocycles. The van der Waals surface area contributed by atoms with Crippen molar-refractivity contribution in [1.29, 1.82) is 5.41 Å². The topological polar surface area (TPSA) is 135 Å². The summed E-state index contributed by atoms with van der Waals surface area (Å²) in [5.74, 6) is -2.29. The molecule has 3 saturated carbocycles. The van der Waals surface area contributed by atoms with Crippen molar-refractivity contribution in [3.8, 4) is 5.75 Å². The van der Waals surface area contributed by atoms with Crippen LogP contribution in [0.1, 0.15) is 25.7 Å². The van der Waals surface area contributed by atoms with E-state index in [0.717, 1.165) is 12.3 Å². The fourth-order valence-electron chi connectivity index (χ4n) is 4.27. The summed E-state index contributed by atoms with van der Waals surface area (Å²) < 4.78 is 18.7. The summed E-state index contributed by atoms with van der Waals surface area (Å²) >= 11 is 5.60. The van der Waals surface area contributed by atoms with Crippen molar-refractivity contribution in [2.75, 3.05) is 6.61 Å². The van der Waals surface area contributed by atoms with Crippen molar-refractivity contribution in [1.82, 2.24) is 5.32 Å². The van der Waals surface area contributed by atoms with Gasteiger partial charge in [0.15, 0.2) is 18.1 Å². The number of carbonyl (C=O) groups is 3. The van der Waals surface area contributed by atoms with E-state index in [4.69, 9.17) is 27.5 Å². The maximum Gasteiger partial charge on any atom is 0.269 e. The number of aliphatic imine (C=N–C) groups is 1. The van der Waals surface area contributed by atoms with Gasteiger partial charge < -0.3 is 15.8 Å². The second kappa shape index (κ2) is 7.98. The molecule has 4 N–H and O–H groups in total. The maximum atomic E-state index is 13.4. The third kappa shape index (κ3) is 4.25. The molecule has 158 valence electrons. The lowest BCUT2D eigenvalue weighted by Crippen LogP contribution is -2.75. The summed E-state index contributed by atoms with van der Waals surface area (Å²) in [4.78, 5) is 39.4. The lowest BCUT2D eigenvalue weighted by molar-refractivity contribution is -0.171. The van der Waals surface area contributed by atoms with Gasteiger partial charge in [-0.3, -0.25) is 19.8 Å². The normalized spacial score (nSPS) is 24.1. The van der Waals surface area contributed by atoms with E-state index in [1.54, 1.807) is 0 Å². The van der Waals surface area contributed by atoms with E-state index in [1.807, 2.05) is 0 Å². The number of hydrogen-bond acceptors (Lipinski definition) is 6. The standard InChI is InChI=1S/C20H20ClFN4O4/c1-2-25-17(18(24)29)16(23)14(27)6-19-8-20(9-19,10-19)26-15(28)7-30-11-3-4-12(21)13(22)5-11/h2-5,23H,1,6-10H2,(H2,24,29)(H,26,28). The second-order valence-corrected chi connectivity index (χ2v) is 8.13. The highest BCUT2D eigenvalue weighted by atomic mass is 35.5. The van der Waals surface area contributed by atoms with Crippen LogP contribution in [-0.2, 0) is 14.4 Å². The Balaban J connectivity index is 1.46. The van der Waals surface area contributed by atoms with Crippen LogP contribution in [0, 0.1) is 16.6 Å². The van der Waals surface area contributed by atoms with Crippen molar-refractivity contribution in [3.63, 3.8) is 0 Å². The average molecular weight is 435 g/mol. The van der Waals surface area contributed by atoms with Crippen LogP contribution in [0.3, 0.4) is 0 Å². The minimum Gasteiger partial charge on any atom is -0.484 e. The molecular weight excluding hydrogens is 415 g/mol. The van der Waals surface area contributed by atoms with Gasteiger partial charge in [-0.05, 0) is 36.8 Å². The molecule has 0 atom stereocenters. The predicted octanol–water partition coefficient (Wildman–Crippen LogP) is 1.95. The molecule has 0 aliphatic heterocycles. The molecule has 2 amide bonds. The van der Waals surface area contributed by atoms with Gasteiger partial charge in [-0.2, -0.15) is 0 Å². The van der Waals surface area contributed by atoms with E-state index >= 15 is 0 Å². The zero-order valence-corrected chi connectivity index (χ0v) is 16.7. The molecule has 30 heavy (non-hydrogen) atoms. The molecular formula is C20H20ClFN4O4. The van der Waals surface area contributed by atoms with Crippen LogP contribution in [0.15, 0.2) is 36.0 Å². The molecule has 0 aromatic heterocycles. The highest BCUT2D eigenvalue weighted by Gasteiger charge is 2.68. The summed E-state index contributed by atoms with van der Waals surface area (Å²) in [5.41, 5.74) is 3.51. The maximum absolute atomic E-state index is 13.4. The van der Waals surface area contributed by atoms with Crippen LogP contribution in [0.4, 0.5) is 4.39 Å². The lowest BCUT2D eigenvalue weighted by Gasteiger charge is -2.70. The highest BCUT2D eigenvalue weighted by molar-refractivity contribution is 6.80. The number of ether oxygens (including phenoxy) is 1. The molecule has 3 aliphatic rings. The number of hydrogen-bond donors (Lipinski definition) is 3. The van der Waals surface area contributed by atoms with Crippen LogP contribution >= 0.6 is 11.6 Å². The molecule has 0 heterocycles. The monoisotopic (exact) mass is 434 g/mol. The molecule has 0 saturated heterocycles. The predicted molar refractivity (Wildman–Crippen MR) is 108 cm³/mol. The van der Waals surface area contributed by atoms with Crippen molar-refractivity contribution in [3.05, 3.63) is 41.8 Å². The summed E-state index contributed by atoms with van der Waals surface area (Å²) in [7, 11) is 0. The van der Waals surface area contributed by atoms with E-state index in [1.165, 1.54) is 12.1 Å². The van der Waals surface area contributed by atoms with Crippen LogP contribution in [-0.4, -0.2) is 41.2 Å². The van der Waals surface area contributed by atoms with E-state index in [0.29, 0.717) is 19.3 Å². The number of nitrogens with two attached hydrogens (primary N) is 1. The Bertz CT molecular complexity index is 971. The summed E-state index contributed by atoms with van der Waals surface area (Å²) in [6.45, 7) is 3.06. The first kappa shape index (κ1) is 21.6.